The SMILES string of the molecule is Cc1cccc(NS(=O)(=O)c2ccc(C(=O)OC(C)C(N)=O)cc2)c1C. The van der Waals surface area contributed by atoms with Crippen molar-refractivity contribution in [3.63, 3.8) is 0 Å². The van der Waals surface area contributed by atoms with Crippen LogP contribution in [0.15, 0.2) is 47.4 Å². The van der Waals surface area contributed by atoms with Crippen molar-refractivity contribution in [3.05, 3.63) is 59.2 Å². The van der Waals surface area contributed by atoms with Crippen LogP contribution in [-0.2, 0) is 19.6 Å². The number of amides is 1. The molecule has 138 valence electrons. The molecule has 0 aliphatic carbocycles. The molecular weight excluding hydrogens is 356 g/mol. The fourth-order valence-electron chi connectivity index (χ4n) is 2.12. The molecule has 1 atom stereocenters. The maximum atomic E-state index is 12.5. The van der Waals surface area contributed by atoms with Gasteiger partial charge in [0.05, 0.1) is 16.1 Å². The van der Waals surface area contributed by atoms with E-state index < -0.39 is 28.0 Å². The molecule has 0 bridgehead atoms. The van der Waals surface area contributed by atoms with Gasteiger partial charge in [0, 0.05) is 0 Å². The standard InChI is InChI=1S/C18H20N2O5S/c1-11-5-4-6-16(12(11)2)20-26(23,24)15-9-7-14(8-10-15)18(22)25-13(3)17(19)21/h4-10,13,20H,1-3H3,(H2,19,21). The van der Waals surface area contributed by atoms with Crippen molar-refractivity contribution in [3.8, 4) is 0 Å². The number of primary amides is 1. The highest BCUT2D eigenvalue weighted by Crippen LogP contribution is 2.22. The summed E-state index contributed by atoms with van der Waals surface area (Å²) in [4.78, 5) is 22.8. The lowest BCUT2D eigenvalue weighted by molar-refractivity contribution is -0.125. The molecule has 26 heavy (non-hydrogen) atoms. The Hall–Kier alpha value is -2.87. The molecule has 7 nitrogen and oxygen atoms in total. The summed E-state index contributed by atoms with van der Waals surface area (Å²) >= 11 is 0. The van der Waals surface area contributed by atoms with Crippen LogP contribution in [0.1, 0.15) is 28.4 Å². The van der Waals surface area contributed by atoms with E-state index in [1.165, 1.54) is 31.2 Å². The highest BCUT2D eigenvalue weighted by molar-refractivity contribution is 7.92. The maximum absolute atomic E-state index is 12.5. The fourth-order valence-corrected chi connectivity index (χ4v) is 3.25. The summed E-state index contributed by atoms with van der Waals surface area (Å²) in [5.74, 6) is -1.53. The molecule has 8 heteroatoms. The van der Waals surface area contributed by atoms with Crippen molar-refractivity contribution in [2.75, 3.05) is 4.72 Å². The molecule has 0 aliphatic rings. The first-order valence-electron chi connectivity index (χ1n) is 7.81. The minimum absolute atomic E-state index is 0.00194. The number of carbonyl (C=O) groups is 2. The fraction of sp³-hybridized carbons (Fsp3) is 0.222. The van der Waals surface area contributed by atoms with Crippen LogP contribution in [0.2, 0.25) is 0 Å². The lowest BCUT2D eigenvalue weighted by atomic mass is 10.1. The zero-order chi connectivity index (χ0) is 19.5. The van der Waals surface area contributed by atoms with Crippen molar-refractivity contribution in [2.45, 2.75) is 31.8 Å². The van der Waals surface area contributed by atoms with Crippen molar-refractivity contribution < 1.29 is 22.7 Å². The third-order valence-corrected chi connectivity index (χ3v) is 5.32. The van der Waals surface area contributed by atoms with Gasteiger partial charge in [0.25, 0.3) is 15.9 Å². The molecule has 3 N–H and O–H groups in total. The van der Waals surface area contributed by atoms with E-state index >= 15 is 0 Å². The van der Waals surface area contributed by atoms with Crippen molar-refractivity contribution in [1.82, 2.24) is 0 Å². The van der Waals surface area contributed by atoms with Gasteiger partial charge in [-0.2, -0.15) is 0 Å². The number of anilines is 1. The molecule has 0 saturated carbocycles. The van der Waals surface area contributed by atoms with E-state index in [0.717, 1.165) is 11.1 Å². The second-order valence-electron chi connectivity index (χ2n) is 5.83. The largest absolute Gasteiger partial charge is 0.449 e. The lowest BCUT2D eigenvalue weighted by Crippen LogP contribution is -2.30. The van der Waals surface area contributed by atoms with E-state index in [9.17, 15) is 18.0 Å². The molecule has 0 aromatic heterocycles. The number of rotatable bonds is 6. The summed E-state index contributed by atoms with van der Waals surface area (Å²) in [5, 5.41) is 0. The molecule has 0 spiro atoms. The maximum Gasteiger partial charge on any atom is 0.338 e. The average Bonchev–Trinajstić information content (AvgIpc) is 2.58. The highest BCUT2D eigenvalue weighted by atomic mass is 32.2. The quantitative estimate of drug-likeness (QED) is 0.749. The van der Waals surface area contributed by atoms with Crippen LogP contribution in [-0.4, -0.2) is 26.4 Å². The third-order valence-electron chi connectivity index (χ3n) is 3.93. The number of carbonyl (C=O) groups excluding carboxylic acids is 2. The van der Waals surface area contributed by atoms with Gasteiger partial charge >= 0.3 is 5.97 Å². The molecule has 2 rings (SSSR count). The van der Waals surface area contributed by atoms with Crippen LogP contribution in [0.4, 0.5) is 5.69 Å². The number of aryl methyl sites for hydroxylation is 1. The Kier molecular flexibility index (Phi) is 5.66. The Labute approximate surface area is 152 Å². The number of hydrogen-bond donors (Lipinski definition) is 2. The van der Waals surface area contributed by atoms with Crippen LogP contribution in [0.5, 0.6) is 0 Å². The molecule has 0 aliphatic heterocycles. The topological polar surface area (TPSA) is 116 Å². The summed E-state index contributed by atoms with van der Waals surface area (Å²) in [6, 6.07) is 10.5. The van der Waals surface area contributed by atoms with Crippen LogP contribution in [0.3, 0.4) is 0 Å². The van der Waals surface area contributed by atoms with Gasteiger partial charge in [-0.05, 0) is 62.2 Å². The Balaban J connectivity index is 2.20. The molecule has 0 saturated heterocycles. The van der Waals surface area contributed by atoms with E-state index in [0.29, 0.717) is 5.69 Å². The van der Waals surface area contributed by atoms with Gasteiger partial charge < -0.3 is 10.5 Å². The number of ether oxygens (including phenoxy) is 1. The average molecular weight is 376 g/mol. The molecular formula is C18H20N2O5S. The molecule has 1 unspecified atom stereocenters. The summed E-state index contributed by atoms with van der Waals surface area (Å²) in [6.45, 7) is 5.07. The molecule has 2 aromatic rings. The predicted molar refractivity (Wildman–Crippen MR) is 97.2 cm³/mol. The van der Waals surface area contributed by atoms with E-state index in [1.807, 2.05) is 19.9 Å². The summed E-state index contributed by atoms with van der Waals surface area (Å²) in [7, 11) is -3.81. The van der Waals surface area contributed by atoms with Crippen LogP contribution < -0.4 is 10.5 Å². The molecule has 0 heterocycles. The first-order chi connectivity index (χ1) is 12.1. The Morgan fingerprint density at radius 2 is 1.69 bits per heavy atom. The number of hydrogen-bond acceptors (Lipinski definition) is 5. The smallest absolute Gasteiger partial charge is 0.338 e. The third kappa shape index (κ3) is 4.40. The predicted octanol–water partition coefficient (Wildman–Crippen LogP) is 2.13. The molecule has 1 amide bonds. The Morgan fingerprint density at radius 3 is 2.27 bits per heavy atom. The van der Waals surface area contributed by atoms with Crippen LogP contribution in [0, 0.1) is 13.8 Å². The van der Waals surface area contributed by atoms with Gasteiger partial charge in [-0.25, -0.2) is 13.2 Å². The monoisotopic (exact) mass is 376 g/mol. The second-order valence-corrected chi connectivity index (χ2v) is 7.51. The summed E-state index contributed by atoms with van der Waals surface area (Å²) in [5.41, 5.74) is 7.44. The highest BCUT2D eigenvalue weighted by Gasteiger charge is 2.19. The Morgan fingerprint density at radius 1 is 1.08 bits per heavy atom. The Bertz CT molecular complexity index is 937. The van der Waals surface area contributed by atoms with Crippen LogP contribution >= 0.6 is 0 Å². The minimum Gasteiger partial charge on any atom is -0.449 e. The first-order valence-corrected chi connectivity index (χ1v) is 9.29. The lowest BCUT2D eigenvalue weighted by Gasteiger charge is -2.13. The van der Waals surface area contributed by atoms with Gasteiger partial charge in [0.1, 0.15) is 0 Å². The second kappa shape index (κ2) is 7.57. The van der Waals surface area contributed by atoms with Crippen LogP contribution in [0.25, 0.3) is 0 Å². The van der Waals surface area contributed by atoms with Gasteiger partial charge in [0.15, 0.2) is 6.10 Å². The number of esters is 1. The number of nitrogens with two attached hydrogens (primary N) is 1. The number of benzene rings is 2. The minimum atomic E-state index is -3.81. The van der Waals surface area contributed by atoms with Crippen molar-refractivity contribution >= 4 is 27.6 Å². The summed E-state index contributed by atoms with van der Waals surface area (Å²) < 4.78 is 32.5. The van der Waals surface area contributed by atoms with Crippen molar-refractivity contribution in [2.24, 2.45) is 5.73 Å². The van der Waals surface area contributed by atoms with Gasteiger partial charge in [-0.3, -0.25) is 9.52 Å². The van der Waals surface area contributed by atoms with Gasteiger partial charge in [0.2, 0.25) is 0 Å². The molecule has 0 fully saturated rings. The van der Waals surface area contributed by atoms with E-state index in [1.54, 1.807) is 12.1 Å². The van der Waals surface area contributed by atoms with Gasteiger partial charge in [-0.1, -0.05) is 12.1 Å². The normalized spacial score (nSPS) is 12.3. The molecule has 2 aromatic carbocycles. The van der Waals surface area contributed by atoms with E-state index in [-0.39, 0.29) is 10.5 Å². The van der Waals surface area contributed by atoms with Gasteiger partial charge in [-0.15, -0.1) is 0 Å². The summed E-state index contributed by atoms with van der Waals surface area (Å²) in [6.07, 6.45) is -1.07. The molecule has 0 radical (unpaired) electrons. The van der Waals surface area contributed by atoms with E-state index in [4.69, 9.17) is 10.5 Å². The van der Waals surface area contributed by atoms with Crippen molar-refractivity contribution in [1.29, 1.82) is 0 Å². The first kappa shape index (κ1) is 19.5. The number of sulfonamides is 1. The van der Waals surface area contributed by atoms with E-state index in [2.05, 4.69) is 4.72 Å². The zero-order valence-corrected chi connectivity index (χ0v) is 15.5. The number of nitrogens with one attached hydrogen (secondary N) is 1. The zero-order valence-electron chi connectivity index (χ0n) is 14.6.